The fourth-order valence-corrected chi connectivity index (χ4v) is 3.33. The summed E-state index contributed by atoms with van der Waals surface area (Å²) in [7, 11) is 0. The van der Waals surface area contributed by atoms with E-state index in [0.29, 0.717) is 11.5 Å². The molecule has 0 spiro atoms. The second-order valence-electron chi connectivity index (χ2n) is 4.16. The molecule has 1 N–H and O–H groups in total. The van der Waals surface area contributed by atoms with Crippen molar-refractivity contribution in [2.75, 3.05) is 6.61 Å². The van der Waals surface area contributed by atoms with E-state index in [1.54, 1.807) is 0 Å². The van der Waals surface area contributed by atoms with E-state index in [1.165, 1.54) is 17.1 Å². The van der Waals surface area contributed by atoms with Gasteiger partial charge in [0.05, 0.1) is 6.61 Å². The maximum atomic E-state index is 11.9. The maximum absolute atomic E-state index is 11.9. The average Bonchev–Trinajstić information content (AvgIpc) is 2.79. The number of hydrogen-bond donors (Lipinski definition) is 1. The van der Waals surface area contributed by atoms with E-state index in [0.717, 1.165) is 21.5 Å². The molecule has 0 saturated heterocycles. The summed E-state index contributed by atoms with van der Waals surface area (Å²) in [5.41, 5.74) is 3.20. The number of ether oxygens (including phenoxy) is 1. The van der Waals surface area contributed by atoms with Gasteiger partial charge in [-0.15, -0.1) is 0 Å². The smallest absolute Gasteiger partial charge is 0.345 e. The molecule has 0 bridgehead atoms. The van der Waals surface area contributed by atoms with E-state index >= 15 is 0 Å². The van der Waals surface area contributed by atoms with E-state index in [1.807, 2.05) is 38.2 Å². The number of carbonyl (C=O) groups is 1. The van der Waals surface area contributed by atoms with Crippen LogP contribution in [0.1, 0.15) is 19.4 Å². The Balaban J connectivity index is 2.18. The summed E-state index contributed by atoms with van der Waals surface area (Å²) in [4.78, 5) is 17.0. The van der Waals surface area contributed by atoms with Crippen molar-refractivity contribution in [2.24, 2.45) is 0 Å². The first-order valence-electron chi connectivity index (χ1n) is 5.88. The predicted molar refractivity (Wildman–Crippen MR) is 73.4 cm³/mol. The number of rotatable bonds is 2. The van der Waals surface area contributed by atoms with Gasteiger partial charge in [0, 0.05) is 27.6 Å². The lowest BCUT2D eigenvalue weighted by atomic mass is 10.1. The van der Waals surface area contributed by atoms with Crippen LogP contribution in [-0.4, -0.2) is 17.6 Å². The zero-order valence-corrected chi connectivity index (χ0v) is 11.1. The quantitative estimate of drug-likeness (QED) is 0.838. The van der Waals surface area contributed by atoms with E-state index in [9.17, 15) is 4.79 Å². The third kappa shape index (κ3) is 1.56. The molecule has 1 aliphatic heterocycles. The van der Waals surface area contributed by atoms with Gasteiger partial charge in [0.15, 0.2) is 0 Å². The molecule has 1 aromatic carbocycles. The van der Waals surface area contributed by atoms with Gasteiger partial charge in [0.1, 0.15) is 4.91 Å². The lowest BCUT2D eigenvalue weighted by Crippen LogP contribution is -2.08. The van der Waals surface area contributed by atoms with Crippen LogP contribution >= 0.6 is 11.8 Å². The van der Waals surface area contributed by atoms with Crippen molar-refractivity contribution in [3.63, 3.8) is 0 Å². The molecular formula is C14H13NO2S. The molecule has 0 saturated carbocycles. The van der Waals surface area contributed by atoms with Crippen LogP contribution in [0.25, 0.3) is 16.5 Å². The summed E-state index contributed by atoms with van der Waals surface area (Å²) < 4.78 is 5.11. The lowest BCUT2D eigenvalue weighted by molar-refractivity contribution is -0.137. The number of H-pyrrole nitrogens is 1. The van der Waals surface area contributed by atoms with Crippen molar-refractivity contribution in [1.82, 2.24) is 4.98 Å². The zero-order chi connectivity index (χ0) is 12.7. The summed E-state index contributed by atoms with van der Waals surface area (Å²) in [6, 6.07) is 6.08. The Kier molecular flexibility index (Phi) is 2.67. The molecule has 4 heteroatoms. The minimum atomic E-state index is -0.233. The SMILES string of the molecule is CCOC(=O)C1=C(C)c2c[nH]c3cccc(c23)S1. The number of benzene rings is 1. The summed E-state index contributed by atoms with van der Waals surface area (Å²) in [6.45, 7) is 4.20. The molecule has 2 heterocycles. The average molecular weight is 259 g/mol. The Morgan fingerprint density at radius 2 is 2.28 bits per heavy atom. The van der Waals surface area contributed by atoms with Crippen LogP contribution in [0.3, 0.4) is 0 Å². The molecule has 0 amide bonds. The number of esters is 1. The highest BCUT2D eigenvalue weighted by Crippen LogP contribution is 2.45. The van der Waals surface area contributed by atoms with Gasteiger partial charge in [-0.1, -0.05) is 17.8 Å². The Hall–Kier alpha value is -1.68. The van der Waals surface area contributed by atoms with Crippen LogP contribution in [0, 0.1) is 0 Å². The van der Waals surface area contributed by atoms with Gasteiger partial charge in [-0.3, -0.25) is 0 Å². The van der Waals surface area contributed by atoms with Crippen molar-refractivity contribution in [1.29, 1.82) is 0 Å². The number of thioether (sulfide) groups is 1. The normalized spacial score (nSPS) is 14.1. The van der Waals surface area contributed by atoms with Gasteiger partial charge in [-0.25, -0.2) is 4.79 Å². The highest BCUT2D eigenvalue weighted by atomic mass is 32.2. The van der Waals surface area contributed by atoms with Crippen molar-refractivity contribution in [3.8, 4) is 0 Å². The maximum Gasteiger partial charge on any atom is 0.345 e. The molecule has 3 rings (SSSR count). The summed E-state index contributed by atoms with van der Waals surface area (Å²) in [6.07, 6.45) is 1.96. The molecule has 1 aliphatic rings. The van der Waals surface area contributed by atoms with Crippen molar-refractivity contribution in [2.45, 2.75) is 18.7 Å². The van der Waals surface area contributed by atoms with Crippen molar-refractivity contribution in [3.05, 3.63) is 34.9 Å². The van der Waals surface area contributed by atoms with E-state index in [2.05, 4.69) is 4.98 Å². The highest BCUT2D eigenvalue weighted by molar-refractivity contribution is 8.04. The van der Waals surface area contributed by atoms with E-state index < -0.39 is 0 Å². The van der Waals surface area contributed by atoms with E-state index in [-0.39, 0.29) is 5.97 Å². The van der Waals surface area contributed by atoms with Crippen LogP contribution in [0.4, 0.5) is 0 Å². The van der Waals surface area contributed by atoms with Crippen LogP contribution < -0.4 is 0 Å². The second-order valence-corrected chi connectivity index (χ2v) is 5.21. The van der Waals surface area contributed by atoms with E-state index in [4.69, 9.17) is 4.74 Å². The Bertz CT molecular complexity index is 669. The molecule has 0 unspecified atom stereocenters. The molecular weight excluding hydrogens is 246 g/mol. The molecule has 0 aliphatic carbocycles. The Morgan fingerprint density at radius 3 is 3.06 bits per heavy atom. The molecule has 1 aromatic heterocycles. The van der Waals surface area contributed by atoms with Crippen LogP contribution in [-0.2, 0) is 9.53 Å². The number of aromatic nitrogens is 1. The summed E-state index contributed by atoms with van der Waals surface area (Å²) in [5, 5.41) is 1.20. The molecule has 92 valence electrons. The number of hydrogen-bond acceptors (Lipinski definition) is 3. The topological polar surface area (TPSA) is 42.1 Å². The minimum absolute atomic E-state index is 0.233. The molecule has 0 atom stereocenters. The highest BCUT2D eigenvalue weighted by Gasteiger charge is 2.25. The Labute approximate surface area is 109 Å². The van der Waals surface area contributed by atoms with Crippen LogP contribution in [0.15, 0.2) is 34.2 Å². The molecule has 0 radical (unpaired) electrons. The fourth-order valence-electron chi connectivity index (χ4n) is 2.23. The first-order chi connectivity index (χ1) is 8.72. The summed E-state index contributed by atoms with van der Waals surface area (Å²) in [5.74, 6) is -0.233. The monoisotopic (exact) mass is 259 g/mol. The molecule has 2 aromatic rings. The van der Waals surface area contributed by atoms with Gasteiger partial charge >= 0.3 is 5.97 Å². The third-order valence-electron chi connectivity index (χ3n) is 3.09. The number of aromatic amines is 1. The van der Waals surface area contributed by atoms with Gasteiger partial charge < -0.3 is 9.72 Å². The molecule has 3 nitrogen and oxygen atoms in total. The van der Waals surface area contributed by atoms with Gasteiger partial charge in [0.2, 0.25) is 0 Å². The lowest BCUT2D eigenvalue weighted by Gasteiger charge is -2.16. The molecule has 18 heavy (non-hydrogen) atoms. The number of carbonyl (C=O) groups excluding carboxylic acids is 1. The van der Waals surface area contributed by atoms with Crippen LogP contribution in [0.5, 0.6) is 0 Å². The van der Waals surface area contributed by atoms with Crippen molar-refractivity contribution < 1.29 is 9.53 Å². The Morgan fingerprint density at radius 1 is 1.44 bits per heavy atom. The van der Waals surface area contributed by atoms with Gasteiger partial charge in [-0.05, 0) is 31.6 Å². The molecule has 0 fully saturated rings. The van der Waals surface area contributed by atoms with Crippen LogP contribution in [0.2, 0.25) is 0 Å². The number of nitrogens with one attached hydrogen (secondary N) is 1. The summed E-state index contributed by atoms with van der Waals surface area (Å²) >= 11 is 1.50. The van der Waals surface area contributed by atoms with Gasteiger partial charge in [-0.2, -0.15) is 0 Å². The number of allylic oxidation sites excluding steroid dienone is 1. The minimum Gasteiger partial charge on any atom is -0.462 e. The largest absolute Gasteiger partial charge is 0.462 e. The second kappa shape index (κ2) is 4.21. The standard InChI is InChI=1S/C14H13NO2S/c1-3-17-14(16)13-8(2)9-7-15-10-5-4-6-11(18-13)12(9)10/h4-7,15H,3H2,1-2H3. The zero-order valence-electron chi connectivity index (χ0n) is 10.2. The third-order valence-corrected chi connectivity index (χ3v) is 4.32. The predicted octanol–water partition coefficient (Wildman–Crippen LogP) is 3.57. The fraction of sp³-hybridized carbons (Fsp3) is 0.214. The van der Waals surface area contributed by atoms with Crippen molar-refractivity contribution >= 4 is 34.2 Å². The first-order valence-corrected chi connectivity index (χ1v) is 6.70. The van der Waals surface area contributed by atoms with Gasteiger partial charge in [0.25, 0.3) is 0 Å². The first kappa shape index (κ1) is 11.4.